The van der Waals surface area contributed by atoms with Crippen molar-refractivity contribution in [3.05, 3.63) is 0 Å². The number of halogens is 3. The molecule has 0 aromatic carbocycles. The smallest absolute Gasteiger partial charge is 0.299 e. The Bertz CT molecular complexity index is 389. The molecule has 120 valence electrons. The molecular weight excluding hydrogens is 281 g/mol. The number of hydrogen-bond donors (Lipinski definition) is 0. The van der Waals surface area contributed by atoms with Crippen LogP contribution in [0.5, 0.6) is 0 Å². The molecule has 2 saturated carbocycles. The highest BCUT2D eigenvalue weighted by atomic mass is 19.4. The minimum absolute atomic E-state index is 0.146. The molecule has 2 fully saturated rings. The molecule has 0 aliphatic heterocycles. The highest BCUT2D eigenvalue weighted by molar-refractivity contribution is 6.03. The number of carbonyl (C=O) groups excluding carboxylic acids is 2. The first-order valence-electron chi connectivity index (χ1n) is 7.99. The third kappa shape index (κ3) is 3.49. The molecule has 0 aromatic rings. The molecule has 0 bridgehead atoms. The Hall–Kier alpha value is -0.870. The molecule has 0 amide bonds. The van der Waals surface area contributed by atoms with Gasteiger partial charge in [-0.05, 0) is 25.7 Å². The van der Waals surface area contributed by atoms with Gasteiger partial charge in [-0.15, -0.1) is 0 Å². The van der Waals surface area contributed by atoms with E-state index < -0.39 is 23.8 Å². The summed E-state index contributed by atoms with van der Waals surface area (Å²) >= 11 is 0. The largest absolute Gasteiger partial charge is 0.401 e. The van der Waals surface area contributed by atoms with Crippen LogP contribution in [0.4, 0.5) is 13.2 Å². The van der Waals surface area contributed by atoms with E-state index in [9.17, 15) is 22.8 Å². The van der Waals surface area contributed by atoms with Crippen LogP contribution in [0.15, 0.2) is 0 Å². The Morgan fingerprint density at radius 1 is 0.905 bits per heavy atom. The fourth-order valence-electron chi connectivity index (χ4n) is 3.77. The van der Waals surface area contributed by atoms with E-state index in [1.165, 1.54) is 0 Å². The van der Waals surface area contributed by atoms with Crippen LogP contribution in [0.1, 0.15) is 70.6 Å². The van der Waals surface area contributed by atoms with Crippen LogP contribution >= 0.6 is 0 Å². The second-order valence-corrected chi connectivity index (χ2v) is 6.54. The lowest BCUT2D eigenvalue weighted by Gasteiger charge is -2.37. The zero-order valence-corrected chi connectivity index (χ0v) is 12.3. The van der Waals surface area contributed by atoms with E-state index in [0.717, 1.165) is 38.5 Å². The van der Waals surface area contributed by atoms with E-state index in [4.69, 9.17) is 0 Å². The van der Waals surface area contributed by atoms with Gasteiger partial charge in [-0.3, -0.25) is 9.59 Å². The molecule has 21 heavy (non-hydrogen) atoms. The summed E-state index contributed by atoms with van der Waals surface area (Å²) in [7, 11) is 0. The summed E-state index contributed by atoms with van der Waals surface area (Å²) < 4.78 is 40.2. The van der Waals surface area contributed by atoms with E-state index >= 15 is 0 Å². The van der Waals surface area contributed by atoms with Crippen LogP contribution in [0.25, 0.3) is 0 Å². The maximum atomic E-state index is 13.4. The van der Waals surface area contributed by atoms with Crippen LogP contribution in [0.2, 0.25) is 0 Å². The monoisotopic (exact) mass is 304 g/mol. The minimum Gasteiger partial charge on any atom is -0.299 e. The molecule has 2 aliphatic rings. The average molecular weight is 304 g/mol. The number of carbonyl (C=O) groups is 2. The molecule has 0 heterocycles. The van der Waals surface area contributed by atoms with Crippen molar-refractivity contribution in [3.63, 3.8) is 0 Å². The van der Waals surface area contributed by atoms with E-state index in [-0.39, 0.29) is 24.5 Å². The Morgan fingerprint density at radius 3 is 1.95 bits per heavy atom. The van der Waals surface area contributed by atoms with Crippen LogP contribution in [0.3, 0.4) is 0 Å². The molecule has 0 unspecified atom stereocenters. The number of alkyl halides is 3. The van der Waals surface area contributed by atoms with Crippen LogP contribution in [0, 0.1) is 11.3 Å². The number of rotatable bonds is 4. The van der Waals surface area contributed by atoms with E-state index in [0.29, 0.717) is 12.8 Å². The summed E-state index contributed by atoms with van der Waals surface area (Å²) in [6, 6.07) is 0. The molecule has 0 atom stereocenters. The molecule has 0 aromatic heterocycles. The van der Waals surface area contributed by atoms with Gasteiger partial charge in [0.15, 0.2) is 5.78 Å². The third-order valence-corrected chi connectivity index (χ3v) is 5.18. The van der Waals surface area contributed by atoms with Gasteiger partial charge in [-0.25, -0.2) is 0 Å². The molecule has 5 heteroatoms. The molecule has 2 nitrogen and oxygen atoms in total. The lowest BCUT2D eigenvalue weighted by molar-refractivity contribution is -0.228. The Morgan fingerprint density at radius 2 is 1.43 bits per heavy atom. The zero-order chi connectivity index (χ0) is 15.5. The summed E-state index contributed by atoms with van der Waals surface area (Å²) in [4.78, 5) is 24.4. The van der Waals surface area contributed by atoms with Crippen LogP contribution in [-0.4, -0.2) is 17.7 Å². The first-order valence-corrected chi connectivity index (χ1v) is 7.99. The summed E-state index contributed by atoms with van der Waals surface area (Å²) in [6.07, 6.45) is 0.639. The molecule has 0 spiro atoms. The van der Waals surface area contributed by atoms with E-state index in [2.05, 4.69) is 0 Å². The molecule has 0 N–H and O–H groups in total. The predicted octanol–water partition coefficient (Wildman–Crippen LogP) is 4.61. The average Bonchev–Trinajstić information content (AvgIpc) is 2.47. The van der Waals surface area contributed by atoms with Gasteiger partial charge in [0, 0.05) is 5.92 Å². The van der Waals surface area contributed by atoms with Gasteiger partial charge < -0.3 is 0 Å². The maximum Gasteiger partial charge on any atom is 0.401 e. The van der Waals surface area contributed by atoms with Gasteiger partial charge in [0.05, 0.1) is 6.42 Å². The Balaban J connectivity index is 2.06. The van der Waals surface area contributed by atoms with Gasteiger partial charge in [0.1, 0.15) is 11.2 Å². The zero-order valence-electron chi connectivity index (χ0n) is 12.3. The molecule has 0 saturated heterocycles. The lowest BCUT2D eigenvalue weighted by Crippen LogP contribution is -2.47. The van der Waals surface area contributed by atoms with Gasteiger partial charge in [0.2, 0.25) is 0 Å². The fourth-order valence-corrected chi connectivity index (χ4v) is 3.77. The number of ketones is 2. The van der Waals surface area contributed by atoms with Gasteiger partial charge in [-0.1, -0.05) is 38.5 Å². The molecule has 2 rings (SSSR count). The Labute approximate surface area is 123 Å². The topological polar surface area (TPSA) is 34.1 Å². The van der Waals surface area contributed by atoms with Crippen molar-refractivity contribution in [2.45, 2.75) is 76.8 Å². The second-order valence-electron chi connectivity index (χ2n) is 6.54. The highest BCUT2D eigenvalue weighted by Crippen LogP contribution is 2.50. The maximum absolute atomic E-state index is 13.4. The quantitative estimate of drug-likeness (QED) is 0.711. The summed E-state index contributed by atoms with van der Waals surface area (Å²) in [6.45, 7) is 0. The van der Waals surface area contributed by atoms with Crippen molar-refractivity contribution in [3.8, 4) is 0 Å². The SMILES string of the molecule is O=C(CC(=O)C1(C(F)(F)F)CCCCC1)C1CCCCC1. The lowest BCUT2D eigenvalue weighted by atomic mass is 9.68. The van der Waals surface area contributed by atoms with Gasteiger partial charge >= 0.3 is 6.18 Å². The standard InChI is InChI=1S/C16H23F3O2/c17-16(18,19)15(9-5-2-6-10-15)14(21)11-13(20)12-7-3-1-4-8-12/h12H,1-11H2. The van der Waals surface area contributed by atoms with Crippen LogP contribution in [-0.2, 0) is 9.59 Å². The summed E-state index contributed by atoms with van der Waals surface area (Å²) in [5.41, 5.74) is -2.25. The minimum atomic E-state index is -4.53. The van der Waals surface area contributed by atoms with Crippen LogP contribution < -0.4 is 0 Å². The summed E-state index contributed by atoms with van der Waals surface area (Å²) in [5.74, 6) is -1.35. The van der Waals surface area contributed by atoms with Crippen molar-refractivity contribution >= 4 is 11.6 Å². The van der Waals surface area contributed by atoms with Crippen molar-refractivity contribution in [2.24, 2.45) is 11.3 Å². The third-order valence-electron chi connectivity index (χ3n) is 5.18. The van der Waals surface area contributed by atoms with Gasteiger partial charge in [-0.2, -0.15) is 13.2 Å². The van der Waals surface area contributed by atoms with E-state index in [1.54, 1.807) is 0 Å². The highest BCUT2D eigenvalue weighted by Gasteiger charge is 2.59. The first kappa shape index (κ1) is 16.5. The molecule has 0 radical (unpaired) electrons. The van der Waals surface area contributed by atoms with E-state index in [1.807, 2.05) is 0 Å². The second kappa shape index (κ2) is 6.49. The number of hydrogen-bond acceptors (Lipinski definition) is 2. The van der Waals surface area contributed by atoms with Crippen molar-refractivity contribution in [1.82, 2.24) is 0 Å². The normalized spacial score (nSPS) is 23.8. The molecular formula is C16H23F3O2. The van der Waals surface area contributed by atoms with Crippen molar-refractivity contribution in [2.75, 3.05) is 0 Å². The fraction of sp³-hybridized carbons (Fsp3) is 0.875. The van der Waals surface area contributed by atoms with Crippen molar-refractivity contribution < 1.29 is 22.8 Å². The van der Waals surface area contributed by atoms with Gasteiger partial charge in [0.25, 0.3) is 0 Å². The summed E-state index contributed by atoms with van der Waals surface area (Å²) in [5, 5.41) is 0. The predicted molar refractivity (Wildman–Crippen MR) is 72.8 cm³/mol. The first-order chi connectivity index (χ1) is 9.87. The number of Topliss-reactive ketones (excluding diaryl/α,β-unsaturated/α-hetero) is 2. The Kier molecular flexibility index (Phi) is 5.10. The van der Waals surface area contributed by atoms with Crippen molar-refractivity contribution in [1.29, 1.82) is 0 Å². The molecule has 2 aliphatic carbocycles.